The van der Waals surface area contributed by atoms with E-state index in [9.17, 15) is 19.5 Å². The summed E-state index contributed by atoms with van der Waals surface area (Å²) in [6.45, 7) is 0.0784. The molecule has 2 amide bonds. The minimum absolute atomic E-state index is 0.0415. The van der Waals surface area contributed by atoms with Crippen LogP contribution < -0.4 is 11.5 Å². The van der Waals surface area contributed by atoms with E-state index in [1.807, 2.05) is 48.5 Å². The Labute approximate surface area is 179 Å². The Hall–Kier alpha value is -3.23. The van der Waals surface area contributed by atoms with Crippen LogP contribution in [0.1, 0.15) is 29.9 Å². The van der Waals surface area contributed by atoms with Gasteiger partial charge in [-0.3, -0.25) is 9.59 Å². The predicted molar refractivity (Wildman–Crippen MR) is 113 cm³/mol. The summed E-state index contributed by atoms with van der Waals surface area (Å²) in [6, 6.07) is 13.9. The smallest absolute Gasteiger partial charge is 0.328 e. The quantitative estimate of drug-likeness (QED) is 0.579. The summed E-state index contributed by atoms with van der Waals surface area (Å²) in [7, 11) is 0. The molecule has 2 aliphatic rings. The van der Waals surface area contributed by atoms with E-state index in [4.69, 9.17) is 16.2 Å². The highest BCUT2D eigenvalue weighted by Gasteiger charge is 2.42. The molecule has 162 valence electrons. The lowest BCUT2D eigenvalue weighted by Crippen LogP contribution is -2.50. The highest BCUT2D eigenvalue weighted by molar-refractivity contribution is 5.91. The van der Waals surface area contributed by atoms with Crippen LogP contribution in [-0.2, 0) is 19.1 Å². The fraction of sp³-hybridized carbons (Fsp3) is 0.348. The zero-order valence-corrected chi connectivity index (χ0v) is 16.9. The van der Waals surface area contributed by atoms with Gasteiger partial charge in [-0.1, -0.05) is 48.5 Å². The van der Waals surface area contributed by atoms with Gasteiger partial charge in [0.05, 0.1) is 18.6 Å². The lowest BCUT2D eigenvalue weighted by molar-refractivity contribution is -0.154. The third kappa shape index (κ3) is 4.04. The molecule has 1 aliphatic carbocycles. The second-order valence-corrected chi connectivity index (χ2v) is 8.03. The average molecular weight is 423 g/mol. The topological polar surface area (TPSA) is 136 Å². The van der Waals surface area contributed by atoms with E-state index < -0.39 is 36.0 Å². The molecule has 0 radical (unpaired) electrons. The Kier molecular flexibility index (Phi) is 5.75. The van der Waals surface area contributed by atoms with Crippen LogP contribution in [0.4, 0.5) is 0 Å². The van der Waals surface area contributed by atoms with Crippen molar-refractivity contribution in [3.63, 3.8) is 0 Å². The molecule has 3 atom stereocenters. The number of amides is 2. The van der Waals surface area contributed by atoms with Gasteiger partial charge in [-0.25, -0.2) is 4.79 Å². The number of aliphatic hydroxyl groups is 1. The molecule has 1 fully saturated rings. The van der Waals surface area contributed by atoms with Gasteiger partial charge in [0.2, 0.25) is 11.8 Å². The summed E-state index contributed by atoms with van der Waals surface area (Å²) in [5.41, 5.74) is 15.3. The molecule has 0 aromatic heterocycles. The first kappa shape index (κ1) is 21.0. The van der Waals surface area contributed by atoms with Gasteiger partial charge in [0.1, 0.15) is 12.6 Å². The van der Waals surface area contributed by atoms with E-state index in [2.05, 4.69) is 0 Å². The number of benzene rings is 2. The van der Waals surface area contributed by atoms with Crippen molar-refractivity contribution in [1.82, 2.24) is 4.90 Å². The maximum absolute atomic E-state index is 12.9. The molecule has 1 heterocycles. The zero-order chi connectivity index (χ0) is 22.1. The van der Waals surface area contributed by atoms with E-state index >= 15 is 0 Å². The highest BCUT2D eigenvalue weighted by Crippen LogP contribution is 2.44. The molecule has 4 rings (SSSR count). The van der Waals surface area contributed by atoms with Crippen molar-refractivity contribution in [2.75, 3.05) is 13.2 Å². The molecule has 0 saturated carbocycles. The van der Waals surface area contributed by atoms with E-state index in [0.29, 0.717) is 0 Å². The third-order valence-corrected chi connectivity index (χ3v) is 5.93. The van der Waals surface area contributed by atoms with Gasteiger partial charge in [-0.2, -0.15) is 0 Å². The monoisotopic (exact) mass is 423 g/mol. The van der Waals surface area contributed by atoms with Crippen LogP contribution in [0, 0.1) is 0 Å². The standard InChI is InChI=1S/C23H25N3O5/c24-19(10-21(25)28)22(29)26-11-13(27)9-20(26)23(30)31-12-18-16-7-3-1-5-14(16)15-6-2-4-8-17(15)18/h1-8,13,18-20,27H,9-12,24H2,(H2,25,28)/t13-,19?,20+/m1/s1. The number of nitrogens with zero attached hydrogens (tertiary/aromatic N) is 1. The van der Waals surface area contributed by atoms with Crippen LogP contribution in [-0.4, -0.2) is 59.1 Å². The van der Waals surface area contributed by atoms with E-state index in [0.717, 1.165) is 22.3 Å². The van der Waals surface area contributed by atoms with Crippen molar-refractivity contribution >= 4 is 17.8 Å². The number of aliphatic hydroxyl groups excluding tert-OH is 1. The summed E-state index contributed by atoms with van der Waals surface area (Å²) < 4.78 is 5.64. The molecule has 0 bridgehead atoms. The first-order chi connectivity index (χ1) is 14.9. The SMILES string of the molecule is NC(=O)CC(N)C(=O)N1C[C@H](O)C[C@H]1C(=O)OCC1c2ccccc2-c2ccccc21. The molecule has 1 unspecified atom stereocenters. The van der Waals surface area contributed by atoms with Crippen molar-refractivity contribution in [2.45, 2.75) is 36.9 Å². The number of hydrogen-bond acceptors (Lipinski definition) is 6. The largest absolute Gasteiger partial charge is 0.463 e. The number of carbonyl (C=O) groups excluding carboxylic acids is 3. The Morgan fingerprint density at radius 2 is 1.65 bits per heavy atom. The predicted octanol–water partition coefficient (Wildman–Crippen LogP) is 0.507. The molecule has 2 aromatic carbocycles. The van der Waals surface area contributed by atoms with Gasteiger partial charge in [0.25, 0.3) is 0 Å². The molecule has 1 aliphatic heterocycles. The molecule has 8 nitrogen and oxygen atoms in total. The summed E-state index contributed by atoms with van der Waals surface area (Å²) in [5.74, 6) is -2.02. The summed E-state index contributed by atoms with van der Waals surface area (Å²) in [5, 5.41) is 10.0. The number of ether oxygens (including phenoxy) is 1. The fourth-order valence-electron chi connectivity index (χ4n) is 4.50. The molecular formula is C23H25N3O5. The van der Waals surface area contributed by atoms with Crippen molar-refractivity contribution in [2.24, 2.45) is 11.5 Å². The fourth-order valence-corrected chi connectivity index (χ4v) is 4.50. The average Bonchev–Trinajstić information content (AvgIpc) is 3.29. The van der Waals surface area contributed by atoms with Crippen molar-refractivity contribution < 1.29 is 24.2 Å². The van der Waals surface area contributed by atoms with Gasteiger partial charge in [-0.15, -0.1) is 0 Å². The van der Waals surface area contributed by atoms with E-state index in [-0.39, 0.29) is 31.9 Å². The maximum Gasteiger partial charge on any atom is 0.328 e. The first-order valence-corrected chi connectivity index (χ1v) is 10.2. The molecule has 5 N–H and O–H groups in total. The summed E-state index contributed by atoms with van der Waals surface area (Å²) >= 11 is 0. The normalized spacial score (nSPS) is 20.8. The van der Waals surface area contributed by atoms with Crippen LogP contribution in [0.3, 0.4) is 0 Å². The second kappa shape index (κ2) is 8.49. The lowest BCUT2D eigenvalue weighted by atomic mass is 9.98. The number of esters is 1. The Bertz CT molecular complexity index is 978. The van der Waals surface area contributed by atoms with E-state index in [1.165, 1.54) is 4.90 Å². The van der Waals surface area contributed by atoms with Crippen LogP contribution in [0.15, 0.2) is 48.5 Å². The first-order valence-electron chi connectivity index (χ1n) is 10.2. The highest BCUT2D eigenvalue weighted by atomic mass is 16.5. The van der Waals surface area contributed by atoms with E-state index in [1.54, 1.807) is 0 Å². The molecular weight excluding hydrogens is 398 g/mol. The number of rotatable bonds is 6. The second-order valence-electron chi connectivity index (χ2n) is 8.03. The van der Waals surface area contributed by atoms with Crippen molar-refractivity contribution in [3.05, 3.63) is 59.7 Å². The van der Waals surface area contributed by atoms with Crippen molar-refractivity contribution in [1.29, 1.82) is 0 Å². The van der Waals surface area contributed by atoms with Crippen LogP contribution >= 0.6 is 0 Å². The van der Waals surface area contributed by atoms with Crippen LogP contribution in [0.2, 0.25) is 0 Å². The summed E-state index contributed by atoms with van der Waals surface area (Å²) in [4.78, 5) is 37.8. The number of likely N-dealkylation sites (tertiary alicyclic amines) is 1. The minimum atomic E-state index is -1.16. The zero-order valence-electron chi connectivity index (χ0n) is 16.9. The Balaban J connectivity index is 1.48. The van der Waals surface area contributed by atoms with Crippen LogP contribution in [0.25, 0.3) is 11.1 Å². The maximum atomic E-state index is 12.9. The molecule has 2 aromatic rings. The molecule has 0 spiro atoms. The third-order valence-electron chi connectivity index (χ3n) is 5.93. The molecule has 8 heteroatoms. The Morgan fingerprint density at radius 1 is 1.06 bits per heavy atom. The van der Waals surface area contributed by atoms with Crippen LogP contribution in [0.5, 0.6) is 0 Å². The lowest BCUT2D eigenvalue weighted by Gasteiger charge is -2.26. The minimum Gasteiger partial charge on any atom is -0.463 e. The van der Waals surface area contributed by atoms with Gasteiger partial charge in [0, 0.05) is 18.9 Å². The van der Waals surface area contributed by atoms with Gasteiger partial charge in [-0.05, 0) is 22.3 Å². The summed E-state index contributed by atoms with van der Waals surface area (Å²) in [6.07, 6.45) is -1.13. The number of nitrogens with two attached hydrogens (primary N) is 2. The molecule has 1 saturated heterocycles. The number of β-amino-alcohol motifs (C(OH)–C–C–N with tert-alkyl or cyclic N) is 1. The number of primary amides is 1. The Morgan fingerprint density at radius 3 is 2.23 bits per heavy atom. The van der Waals surface area contributed by atoms with Crippen molar-refractivity contribution in [3.8, 4) is 11.1 Å². The number of fused-ring (bicyclic) bond motifs is 3. The molecule has 31 heavy (non-hydrogen) atoms. The van der Waals surface area contributed by atoms with Gasteiger partial charge >= 0.3 is 5.97 Å². The van der Waals surface area contributed by atoms with Gasteiger partial charge < -0.3 is 26.2 Å². The van der Waals surface area contributed by atoms with Gasteiger partial charge in [0.15, 0.2) is 0 Å². The number of carbonyl (C=O) groups is 3. The number of hydrogen-bond donors (Lipinski definition) is 3.